The number of nitrogens with one attached hydrogen (secondary N) is 1. The first-order chi connectivity index (χ1) is 5.11. The van der Waals surface area contributed by atoms with Crippen molar-refractivity contribution in [2.45, 2.75) is 4.21 Å². The Morgan fingerprint density at radius 2 is 2.18 bits per heavy atom. The third kappa shape index (κ3) is 0.795. The molecule has 1 aromatic heterocycles. The Morgan fingerprint density at radius 3 is 2.82 bits per heavy atom. The summed E-state index contributed by atoms with van der Waals surface area (Å²) in [5, 5.41) is 1.58. The van der Waals surface area contributed by atoms with Gasteiger partial charge in [-0.2, -0.15) is 0 Å². The van der Waals surface area contributed by atoms with Gasteiger partial charge in [0.05, 0.1) is 5.56 Å². The van der Waals surface area contributed by atoms with E-state index in [-0.39, 0.29) is 9.77 Å². The van der Waals surface area contributed by atoms with Crippen molar-refractivity contribution < 1.29 is 13.2 Å². The Bertz CT molecular complexity index is 417. The van der Waals surface area contributed by atoms with Crippen molar-refractivity contribution in [1.82, 2.24) is 4.72 Å². The predicted octanol–water partition coefficient (Wildman–Crippen LogP) is 0.180. The molecule has 1 amide bonds. The maximum Gasteiger partial charge on any atom is 0.274 e. The van der Waals surface area contributed by atoms with Crippen molar-refractivity contribution in [3.63, 3.8) is 0 Å². The SMILES string of the molecule is O=C1NS(=O)(=O)c2sccc21. The molecule has 0 unspecified atom stereocenters. The minimum absolute atomic E-state index is 0.127. The fourth-order valence-electron chi connectivity index (χ4n) is 0.895. The average Bonchev–Trinajstić information content (AvgIpc) is 2.37. The summed E-state index contributed by atoms with van der Waals surface area (Å²) in [4.78, 5) is 10.9. The molecule has 0 saturated heterocycles. The molecule has 4 nitrogen and oxygen atoms in total. The minimum Gasteiger partial charge on any atom is -0.268 e. The molecule has 0 aromatic carbocycles. The van der Waals surface area contributed by atoms with E-state index in [0.717, 1.165) is 11.3 Å². The lowest BCUT2D eigenvalue weighted by atomic mass is 10.3. The molecule has 58 valence electrons. The predicted molar refractivity (Wildman–Crippen MR) is 39.0 cm³/mol. The number of carbonyl (C=O) groups is 1. The van der Waals surface area contributed by atoms with Gasteiger partial charge < -0.3 is 0 Å². The van der Waals surface area contributed by atoms with Crippen molar-refractivity contribution in [3.8, 4) is 0 Å². The van der Waals surface area contributed by atoms with Crippen LogP contribution in [0.4, 0.5) is 0 Å². The monoisotopic (exact) mass is 189 g/mol. The van der Waals surface area contributed by atoms with Crippen LogP contribution >= 0.6 is 11.3 Å². The molecule has 0 fully saturated rings. The first kappa shape index (κ1) is 6.81. The fourth-order valence-corrected chi connectivity index (χ4v) is 3.21. The van der Waals surface area contributed by atoms with E-state index in [4.69, 9.17) is 0 Å². The summed E-state index contributed by atoms with van der Waals surface area (Å²) >= 11 is 1.05. The molecule has 2 rings (SSSR count). The standard InChI is InChI=1S/C5H3NO3S2/c7-4-3-1-2-10-5(3)11(8,9)6-4/h1-2H,(H,6,7). The maximum atomic E-state index is 11.0. The normalized spacial score (nSPS) is 19.5. The highest BCUT2D eigenvalue weighted by molar-refractivity contribution is 7.92. The van der Waals surface area contributed by atoms with Crippen LogP contribution in [0.2, 0.25) is 0 Å². The van der Waals surface area contributed by atoms with Gasteiger partial charge in [0.15, 0.2) is 4.21 Å². The highest BCUT2D eigenvalue weighted by atomic mass is 32.2. The Labute approximate surface area is 66.9 Å². The molecule has 1 aliphatic rings. The molecule has 0 aliphatic carbocycles. The number of sulfonamides is 1. The Kier molecular flexibility index (Phi) is 1.13. The zero-order valence-corrected chi connectivity index (χ0v) is 6.83. The van der Waals surface area contributed by atoms with Crippen molar-refractivity contribution in [1.29, 1.82) is 0 Å². The van der Waals surface area contributed by atoms with Gasteiger partial charge in [-0.3, -0.25) is 4.79 Å². The summed E-state index contributed by atoms with van der Waals surface area (Å²) in [6.45, 7) is 0. The first-order valence-electron chi connectivity index (χ1n) is 2.76. The lowest BCUT2D eigenvalue weighted by Gasteiger charge is -1.88. The van der Waals surface area contributed by atoms with Crippen LogP contribution in [-0.4, -0.2) is 14.3 Å². The smallest absolute Gasteiger partial charge is 0.268 e. The van der Waals surface area contributed by atoms with Crippen molar-refractivity contribution in [3.05, 3.63) is 17.0 Å². The molecule has 0 radical (unpaired) electrons. The van der Waals surface area contributed by atoms with Crippen LogP contribution in [0.1, 0.15) is 10.4 Å². The van der Waals surface area contributed by atoms with E-state index >= 15 is 0 Å². The Balaban J connectivity index is 2.83. The molecular weight excluding hydrogens is 186 g/mol. The molecule has 0 atom stereocenters. The zero-order valence-electron chi connectivity index (χ0n) is 5.20. The molecule has 6 heteroatoms. The molecule has 2 heterocycles. The minimum atomic E-state index is -3.49. The molecule has 0 spiro atoms. The van der Waals surface area contributed by atoms with Gasteiger partial charge in [-0.25, -0.2) is 13.1 Å². The number of hydrogen-bond donors (Lipinski definition) is 1. The van der Waals surface area contributed by atoms with Gasteiger partial charge >= 0.3 is 0 Å². The topological polar surface area (TPSA) is 63.2 Å². The lowest BCUT2D eigenvalue weighted by molar-refractivity contribution is 0.0985. The van der Waals surface area contributed by atoms with Gasteiger partial charge in [-0.1, -0.05) is 0 Å². The fraction of sp³-hybridized carbons (Fsp3) is 0. The molecule has 0 saturated carbocycles. The first-order valence-corrected chi connectivity index (χ1v) is 5.12. The van der Waals surface area contributed by atoms with Gasteiger partial charge in [-0.05, 0) is 11.4 Å². The number of thiophene rings is 1. The molecule has 1 aliphatic heterocycles. The second-order valence-electron chi connectivity index (χ2n) is 2.06. The largest absolute Gasteiger partial charge is 0.274 e. The van der Waals surface area contributed by atoms with Crippen LogP contribution in [0.3, 0.4) is 0 Å². The summed E-state index contributed by atoms with van der Waals surface area (Å²) in [6, 6.07) is 1.50. The molecule has 1 N–H and O–H groups in total. The average molecular weight is 189 g/mol. The van der Waals surface area contributed by atoms with Gasteiger partial charge in [0.2, 0.25) is 0 Å². The van der Waals surface area contributed by atoms with Gasteiger partial charge in [0, 0.05) is 0 Å². The summed E-state index contributed by atoms with van der Waals surface area (Å²) in [6.07, 6.45) is 0. The second-order valence-corrected chi connectivity index (χ2v) is 4.85. The van der Waals surface area contributed by atoms with E-state index in [9.17, 15) is 13.2 Å². The summed E-state index contributed by atoms with van der Waals surface area (Å²) in [5.74, 6) is -0.527. The molecule has 11 heavy (non-hydrogen) atoms. The Hall–Kier alpha value is -0.880. The summed E-state index contributed by atoms with van der Waals surface area (Å²) in [5.41, 5.74) is 0.259. The number of fused-ring (bicyclic) bond motifs is 1. The quantitative estimate of drug-likeness (QED) is 0.633. The third-order valence-electron chi connectivity index (χ3n) is 1.35. The lowest BCUT2D eigenvalue weighted by Crippen LogP contribution is -2.20. The van der Waals surface area contributed by atoms with Gasteiger partial charge in [0.25, 0.3) is 15.9 Å². The van der Waals surface area contributed by atoms with E-state index in [0.29, 0.717) is 0 Å². The zero-order chi connectivity index (χ0) is 8.06. The van der Waals surface area contributed by atoms with E-state index in [1.54, 1.807) is 5.38 Å². The molecular formula is C5H3NO3S2. The van der Waals surface area contributed by atoms with Crippen LogP contribution in [0.25, 0.3) is 0 Å². The van der Waals surface area contributed by atoms with Gasteiger partial charge in [0.1, 0.15) is 0 Å². The van der Waals surface area contributed by atoms with Crippen LogP contribution < -0.4 is 4.72 Å². The number of carbonyl (C=O) groups excluding carboxylic acids is 1. The Morgan fingerprint density at radius 1 is 1.45 bits per heavy atom. The third-order valence-corrected chi connectivity index (χ3v) is 4.16. The number of hydrogen-bond acceptors (Lipinski definition) is 4. The van der Waals surface area contributed by atoms with Crippen LogP contribution in [0.15, 0.2) is 15.7 Å². The van der Waals surface area contributed by atoms with Crippen LogP contribution in [0, 0.1) is 0 Å². The molecule has 0 bridgehead atoms. The van der Waals surface area contributed by atoms with Crippen molar-refractivity contribution in [2.75, 3.05) is 0 Å². The summed E-state index contributed by atoms with van der Waals surface area (Å²) < 4.78 is 24.0. The van der Waals surface area contributed by atoms with E-state index in [1.807, 2.05) is 4.72 Å². The second kappa shape index (κ2) is 1.83. The van der Waals surface area contributed by atoms with E-state index < -0.39 is 15.9 Å². The highest BCUT2D eigenvalue weighted by Crippen LogP contribution is 2.27. The van der Waals surface area contributed by atoms with Gasteiger partial charge in [-0.15, -0.1) is 11.3 Å². The van der Waals surface area contributed by atoms with Crippen LogP contribution in [-0.2, 0) is 10.0 Å². The maximum absolute atomic E-state index is 11.0. The summed E-state index contributed by atoms with van der Waals surface area (Å²) in [7, 11) is -3.49. The van der Waals surface area contributed by atoms with Crippen LogP contribution in [0.5, 0.6) is 0 Å². The number of rotatable bonds is 0. The van der Waals surface area contributed by atoms with E-state index in [1.165, 1.54) is 6.07 Å². The van der Waals surface area contributed by atoms with Crippen molar-refractivity contribution >= 4 is 27.3 Å². The van der Waals surface area contributed by atoms with E-state index in [2.05, 4.69) is 0 Å². The molecule has 1 aromatic rings. The highest BCUT2D eigenvalue weighted by Gasteiger charge is 2.33. The number of amides is 1. The van der Waals surface area contributed by atoms with Crippen molar-refractivity contribution in [2.24, 2.45) is 0 Å².